The molecule has 0 bridgehead atoms. The minimum absolute atomic E-state index is 1.19. The molecule has 0 amide bonds. The molecule has 0 N–H and O–H groups in total. The van der Waals surface area contributed by atoms with Crippen LogP contribution in [0, 0.1) is 0 Å². The van der Waals surface area contributed by atoms with E-state index in [9.17, 15) is 0 Å². The van der Waals surface area contributed by atoms with Gasteiger partial charge < -0.3 is 0 Å². The van der Waals surface area contributed by atoms with Crippen LogP contribution in [0.2, 0.25) is 0 Å². The van der Waals surface area contributed by atoms with Crippen molar-refractivity contribution in [3.05, 3.63) is 0 Å². The van der Waals surface area contributed by atoms with Gasteiger partial charge in [0.15, 0.2) is 0 Å². The van der Waals surface area contributed by atoms with Crippen LogP contribution < -0.4 is 0 Å². The summed E-state index contributed by atoms with van der Waals surface area (Å²) in [5, 5.41) is 0. The molecule has 0 radical (unpaired) electrons. The maximum absolute atomic E-state index is 5.28. The third-order valence-corrected chi connectivity index (χ3v) is 4.33. The van der Waals surface area contributed by atoms with Gasteiger partial charge in [0.05, 0.1) is 0 Å². The Balaban J connectivity index is 4.02. The summed E-state index contributed by atoms with van der Waals surface area (Å²) < 4.78 is 0. The zero-order valence-corrected chi connectivity index (χ0v) is 23.6. The SMILES string of the molecule is B#S\B=B/B=B\B=B/B=B\B=B/B=B\B=B/B=B\B=B/B=B\B=B/B=B\B=B/B=B\B=B/B=B\B=B/B=B\B. The Bertz CT molecular complexity index is 1190. The second-order valence-electron chi connectivity index (χ2n) is 7.15. The first-order valence-electron chi connectivity index (χ1n) is 12.7. The van der Waals surface area contributed by atoms with E-state index in [2.05, 4.69) is 0 Å². The monoisotopic (exact) mass is 452 g/mol. The minimum atomic E-state index is 1.19. The van der Waals surface area contributed by atoms with Crippen LogP contribution in [-0.2, 0) is 0 Å². The average Bonchev–Trinajstić information content (AvgIpc) is 2.95. The predicted octanol–water partition coefficient (Wildman–Crippen LogP) is -14.4. The molecule has 0 heterocycles. The van der Waals surface area contributed by atoms with Gasteiger partial charge in [0, 0.05) is 0 Å². The number of hydrogen-bond donors (Lipinski definition) is 0. The summed E-state index contributed by atoms with van der Waals surface area (Å²) in [6.07, 6.45) is 1.82. The van der Waals surface area contributed by atoms with Crippen molar-refractivity contribution in [2.45, 2.75) is 0 Å². The molecule has 0 nitrogen and oxygen atoms in total. The van der Waals surface area contributed by atoms with Crippen LogP contribution in [0.5, 0.6) is 0 Å². The fourth-order valence-electron chi connectivity index (χ4n) is 2.25. The van der Waals surface area contributed by atoms with Gasteiger partial charge in [0.2, 0.25) is 0 Å². The Morgan fingerprint density at radius 3 is 0.564 bits per heavy atom. The molecule has 39 heavy (non-hydrogen) atoms. The topological polar surface area (TPSA) is 0 Å². The summed E-state index contributed by atoms with van der Waals surface area (Å²) in [6, 6.07) is 0. The van der Waals surface area contributed by atoms with Crippen molar-refractivity contribution in [3.8, 4) is 0 Å². The Morgan fingerprint density at radius 1 is 0.256 bits per heavy atom. The van der Waals surface area contributed by atoms with E-state index in [1.54, 1.807) is 0 Å². The third kappa shape index (κ3) is 40.7. The van der Waals surface area contributed by atoms with Crippen LogP contribution in [0.4, 0.5) is 0 Å². The molecule has 39 heteroatoms. The van der Waals surface area contributed by atoms with Gasteiger partial charge in [-0.25, -0.2) is 0 Å². The second kappa shape index (κ2) is 40.7. The van der Waals surface area contributed by atoms with Crippen molar-refractivity contribution in [3.63, 3.8) is 0 Å². The van der Waals surface area contributed by atoms with Crippen LogP contribution in [0.1, 0.15) is 0 Å². The van der Waals surface area contributed by atoms with Crippen LogP contribution >= 0.6 is 10.8 Å². The van der Waals surface area contributed by atoms with Crippen molar-refractivity contribution < 1.29 is 0 Å². The summed E-state index contributed by atoms with van der Waals surface area (Å²) in [5.74, 6) is 0. The fraction of sp³-hybridized carbons (Fsp3) is 0. The van der Waals surface area contributed by atoms with Gasteiger partial charge in [-0.1, -0.05) is 0 Å². The molecular formula is H2B38S. The molecule has 0 saturated carbocycles. The van der Waals surface area contributed by atoms with Gasteiger partial charge in [-0.3, -0.25) is 0 Å². The van der Waals surface area contributed by atoms with E-state index >= 15 is 0 Å². The fourth-order valence-corrected chi connectivity index (χ4v) is 2.44. The Labute approximate surface area is 263 Å². The molecule has 0 unspecified atom stereocenters. The average molecular weight is 445 g/mol. The van der Waals surface area contributed by atoms with E-state index < -0.39 is 0 Å². The molecule has 0 spiro atoms. The first kappa shape index (κ1) is 41.7. The molecule has 0 saturated heterocycles. The van der Waals surface area contributed by atoms with E-state index in [-0.39, 0.29) is 0 Å². The van der Waals surface area contributed by atoms with Crippen molar-refractivity contribution >= 4 is 265 Å². The molecule has 0 aromatic heterocycles. The molecule has 0 rings (SSSR count). The number of rotatable bonds is 17. The molecule has 122 valence electrons. The first-order chi connectivity index (χ1) is 19.4. The quantitative estimate of drug-likeness (QED) is 0.196. The van der Waals surface area contributed by atoms with E-state index in [1.807, 2.05) is 248 Å². The van der Waals surface area contributed by atoms with E-state index in [0.717, 1.165) is 0 Å². The first-order valence-corrected chi connectivity index (χ1v) is 13.7. The molecule has 0 atom stereocenters. The van der Waals surface area contributed by atoms with Crippen LogP contribution in [-0.4, -0.2) is 255 Å². The third-order valence-electron chi connectivity index (χ3n) is 4.02. The van der Waals surface area contributed by atoms with Gasteiger partial charge in [-0.05, 0) is 0 Å². The zero-order chi connectivity index (χ0) is 28.2. The van der Waals surface area contributed by atoms with Gasteiger partial charge in [0.25, 0.3) is 0 Å². The van der Waals surface area contributed by atoms with Crippen LogP contribution in [0.15, 0.2) is 0 Å². The summed E-state index contributed by atoms with van der Waals surface area (Å²) in [5.41, 5.74) is 0. The normalized spacial score (nSPS) is 7.74. The molecule has 0 aromatic rings. The van der Waals surface area contributed by atoms with Crippen molar-refractivity contribution in [2.24, 2.45) is 0 Å². The van der Waals surface area contributed by atoms with Crippen molar-refractivity contribution in [1.82, 2.24) is 0 Å². The molecule has 0 aliphatic rings. The summed E-state index contributed by atoms with van der Waals surface area (Å²) in [6.45, 7) is 74.8. The van der Waals surface area contributed by atoms with Gasteiger partial charge >= 0.3 is 265 Å². The predicted molar refractivity (Wildman–Crippen MR) is 229 cm³/mol. The Kier molecular flexibility index (Phi) is 43.5. The Hall–Kier alpha value is 2.69. The van der Waals surface area contributed by atoms with Crippen LogP contribution in [0.3, 0.4) is 0 Å². The standard InChI is InChI=1S/B38H2S/c1-3-4-5-6-7-8-9-10-11-12-13-14-15-16-17-18-19-20-21-22-23-24-25-26-27-28-29-30-31-32-33-34-35-36-37-38-39-2/h1H2. The van der Waals surface area contributed by atoms with Crippen molar-refractivity contribution in [2.75, 3.05) is 0 Å². The van der Waals surface area contributed by atoms with E-state index in [4.69, 9.17) is 6.53 Å². The molecular weight excluding hydrogens is 443 g/mol. The van der Waals surface area contributed by atoms with Gasteiger partial charge in [-0.15, -0.1) is 0 Å². The van der Waals surface area contributed by atoms with Gasteiger partial charge in [-0.2, -0.15) is 0 Å². The second-order valence-corrected chi connectivity index (χ2v) is 7.69. The summed E-state index contributed by atoms with van der Waals surface area (Å²) in [4.78, 5) is 0. The van der Waals surface area contributed by atoms with E-state index in [0.29, 0.717) is 0 Å². The molecule has 0 aromatic carbocycles. The molecule has 0 fully saturated rings. The van der Waals surface area contributed by atoms with Crippen LogP contribution in [0.25, 0.3) is 0 Å². The van der Waals surface area contributed by atoms with Crippen molar-refractivity contribution in [1.29, 1.82) is 0 Å². The molecule has 0 aliphatic carbocycles. The molecule has 0 aliphatic heterocycles. The summed E-state index contributed by atoms with van der Waals surface area (Å²) in [7, 11) is 3.19. The van der Waals surface area contributed by atoms with E-state index in [1.165, 1.54) is 10.8 Å². The maximum atomic E-state index is 5.28. The van der Waals surface area contributed by atoms with Gasteiger partial charge in [0.1, 0.15) is 0 Å². The zero-order valence-electron chi connectivity index (χ0n) is 22.8. The Morgan fingerprint density at radius 2 is 0.410 bits per heavy atom. The summed E-state index contributed by atoms with van der Waals surface area (Å²) >= 11 is 0. The number of hydrogen-bond acceptors (Lipinski definition) is 0.